The van der Waals surface area contributed by atoms with Crippen LogP contribution in [0.15, 0.2) is 29.4 Å². The second-order valence-corrected chi connectivity index (χ2v) is 7.64. The lowest BCUT2D eigenvalue weighted by molar-refractivity contribution is -0.260. The number of aliphatic hydroxyl groups excluding tert-OH is 1. The van der Waals surface area contributed by atoms with Gasteiger partial charge in [-0.2, -0.15) is 0 Å². The number of amides is 1. The van der Waals surface area contributed by atoms with Gasteiger partial charge in [0.1, 0.15) is 0 Å². The van der Waals surface area contributed by atoms with Gasteiger partial charge in [0.25, 0.3) is 0 Å². The Morgan fingerprint density at radius 3 is 2.78 bits per heavy atom. The molecule has 2 aliphatic rings. The van der Waals surface area contributed by atoms with Gasteiger partial charge >= 0.3 is 0 Å². The van der Waals surface area contributed by atoms with Crippen molar-refractivity contribution in [3.8, 4) is 0 Å². The van der Waals surface area contributed by atoms with Gasteiger partial charge in [-0.25, -0.2) is 4.98 Å². The van der Waals surface area contributed by atoms with Crippen LogP contribution in [0.2, 0.25) is 0 Å². The standard InChI is InChI=1S/C17H24N2O3S/c1-16(22-2)11-13(20)17(16)6-9-19(10-7-17)15(21)12-23-14-5-3-4-8-18-14/h3-5,8,13,20H,6-7,9-12H2,1-2H3/t13-,16+/m1/s1. The highest BCUT2D eigenvalue weighted by molar-refractivity contribution is 7.99. The number of nitrogens with zero attached hydrogens (tertiary/aromatic N) is 2. The van der Waals surface area contributed by atoms with Gasteiger partial charge in [-0.15, -0.1) is 0 Å². The molecule has 3 rings (SSSR count). The lowest BCUT2D eigenvalue weighted by Crippen LogP contribution is -2.69. The summed E-state index contributed by atoms with van der Waals surface area (Å²) in [4.78, 5) is 18.5. The van der Waals surface area contributed by atoms with Gasteiger partial charge in [-0.3, -0.25) is 4.79 Å². The molecular formula is C17H24N2O3S. The Morgan fingerprint density at radius 1 is 1.48 bits per heavy atom. The van der Waals surface area contributed by atoms with Crippen molar-refractivity contribution in [2.24, 2.45) is 5.41 Å². The summed E-state index contributed by atoms with van der Waals surface area (Å²) >= 11 is 1.47. The molecule has 0 aromatic carbocycles. The molecule has 5 nitrogen and oxygen atoms in total. The summed E-state index contributed by atoms with van der Waals surface area (Å²) < 4.78 is 5.66. The minimum absolute atomic E-state index is 0.142. The van der Waals surface area contributed by atoms with Crippen LogP contribution in [0.5, 0.6) is 0 Å². The monoisotopic (exact) mass is 336 g/mol. The second-order valence-electron chi connectivity index (χ2n) is 6.65. The van der Waals surface area contributed by atoms with Crippen LogP contribution >= 0.6 is 11.8 Å². The molecule has 23 heavy (non-hydrogen) atoms. The molecule has 0 unspecified atom stereocenters. The van der Waals surface area contributed by atoms with Crippen LogP contribution in [0.1, 0.15) is 26.2 Å². The van der Waals surface area contributed by atoms with Crippen molar-refractivity contribution in [3.63, 3.8) is 0 Å². The molecule has 2 atom stereocenters. The van der Waals surface area contributed by atoms with E-state index in [0.29, 0.717) is 25.3 Å². The Morgan fingerprint density at radius 2 is 2.22 bits per heavy atom. The molecule has 1 aliphatic heterocycles. The molecule has 1 aromatic heterocycles. The molecular weight excluding hydrogens is 312 g/mol. The summed E-state index contributed by atoms with van der Waals surface area (Å²) in [5.74, 6) is 0.553. The van der Waals surface area contributed by atoms with Crippen molar-refractivity contribution in [2.75, 3.05) is 26.0 Å². The number of methoxy groups -OCH3 is 1. The number of thioether (sulfide) groups is 1. The lowest BCUT2D eigenvalue weighted by atomic mass is 9.51. The summed E-state index contributed by atoms with van der Waals surface area (Å²) in [6.07, 6.45) is 3.72. The summed E-state index contributed by atoms with van der Waals surface area (Å²) in [6.45, 7) is 3.46. The predicted octanol–water partition coefficient (Wildman–Crippen LogP) is 1.95. The van der Waals surface area contributed by atoms with Crippen molar-refractivity contribution in [2.45, 2.75) is 42.9 Å². The topological polar surface area (TPSA) is 62.7 Å². The Labute approximate surface area is 141 Å². The maximum Gasteiger partial charge on any atom is 0.232 e. The number of rotatable bonds is 4. The smallest absolute Gasteiger partial charge is 0.232 e. The molecule has 1 aromatic rings. The fourth-order valence-corrected chi connectivity index (χ4v) is 4.72. The van der Waals surface area contributed by atoms with E-state index in [1.807, 2.05) is 23.1 Å². The van der Waals surface area contributed by atoms with E-state index in [0.717, 1.165) is 17.9 Å². The molecule has 0 radical (unpaired) electrons. The van der Waals surface area contributed by atoms with E-state index in [1.165, 1.54) is 11.8 Å². The first-order valence-corrected chi connectivity index (χ1v) is 9.04. The largest absolute Gasteiger partial charge is 0.392 e. The number of aromatic nitrogens is 1. The van der Waals surface area contributed by atoms with Crippen LogP contribution < -0.4 is 0 Å². The van der Waals surface area contributed by atoms with Crippen LogP contribution in [0.3, 0.4) is 0 Å². The molecule has 2 fully saturated rings. The number of pyridine rings is 1. The van der Waals surface area contributed by atoms with Gasteiger partial charge in [0.2, 0.25) is 5.91 Å². The third kappa shape index (κ3) is 2.88. The Kier molecular flexibility index (Phi) is 4.67. The maximum absolute atomic E-state index is 12.4. The van der Waals surface area contributed by atoms with Gasteiger partial charge in [0.15, 0.2) is 0 Å². The van der Waals surface area contributed by atoms with E-state index in [9.17, 15) is 9.90 Å². The number of likely N-dealkylation sites (tertiary alicyclic amines) is 1. The van der Waals surface area contributed by atoms with Gasteiger partial charge in [0, 0.05) is 38.2 Å². The van der Waals surface area contributed by atoms with Gasteiger partial charge in [0.05, 0.1) is 22.5 Å². The maximum atomic E-state index is 12.4. The number of hydrogen-bond acceptors (Lipinski definition) is 5. The highest BCUT2D eigenvalue weighted by Crippen LogP contribution is 2.57. The van der Waals surface area contributed by atoms with Gasteiger partial charge < -0.3 is 14.7 Å². The predicted molar refractivity (Wildman–Crippen MR) is 89.2 cm³/mol. The number of ether oxygens (including phenoxy) is 1. The van der Waals surface area contributed by atoms with E-state index in [4.69, 9.17) is 4.74 Å². The van der Waals surface area contributed by atoms with Gasteiger partial charge in [-0.1, -0.05) is 17.8 Å². The molecule has 1 saturated carbocycles. The number of piperidine rings is 1. The summed E-state index contributed by atoms with van der Waals surface area (Å²) in [7, 11) is 1.72. The van der Waals surface area contributed by atoms with Crippen molar-refractivity contribution < 1.29 is 14.6 Å². The molecule has 1 N–H and O–H groups in total. The van der Waals surface area contributed by atoms with Gasteiger partial charge in [-0.05, 0) is 31.9 Å². The quantitative estimate of drug-likeness (QED) is 0.852. The second kappa shape index (κ2) is 6.42. The van der Waals surface area contributed by atoms with E-state index in [1.54, 1.807) is 13.3 Å². The molecule has 1 spiro atoms. The minimum Gasteiger partial charge on any atom is -0.392 e. The minimum atomic E-state index is -0.312. The Bertz CT molecular complexity index is 560. The highest BCUT2D eigenvalue weighted by atomic mass is 32.2. The van der Waals surface area contributed by atoms with Crippen molar-refractivity contribution in [1.82, 2.24) is 9.88 Å². The third-order valence-corrected chi connectivity index (χ3v) is 6.64. The van der Waals surface area contributed by atoms with Crippen LogP contribution in [-0.2, 0) is 9.53 Å². The van der Waals surface area contributed by atoms with E-state index >= 15 is 0 Å². The first kappa shape index (κ1) is 16.7. The summed E-state index contributed by atoms with van der Waals surface area (Å²) in [6, 6.07) is 5.71. The fraction of sp³-hybridized carbons (Fsp3) is 0.647. The number of carbonyl (C=O) groups excluding carboxylic acids is 1. The zero-order chi connectivity index (χ0) is 16.5. The summed E-state index contributed by atoms with van der Waals surface area (Å²) in [5, 5.41) is 11.1. The van der Waals surface area contributed by atoms with E-state index < -0.39 is 0 Å². The van der Waals surface area contributed by atoms with Crippen LogP contribution in [0.25, 0.3) is 0 Å². The first-order valence-electron chi connectivity index (χ1n) is 8.06. The zero-order valence-electron chi connectivity index (χ0n) is 13.7. The molecule has 1 aliphatic carbocycles. The molecule has 0 bridgehead atoms. The van der Waals surface area contributed by atoms with Crippen LogP contribution in [0.4, 0.5) is 0 Å². The number of hydrogen-bond donors (Lipinski definition) is 1. The average molecular weight is 336 g/mol. The zero-order valence-corrected chi connectivity index (χ0v) is 14.5. The third-order valence-electron chi connectivity index (χ3n) is 5.71. The van der Waals surface area contributed by atoms with Crippen LogP contribution in [-0.4, -0.2) is 58.6 Å². The SMILES string of the molecule is CO[C@@]1(C)C[C@@H](O)C12CCN(C(=O)CSc1ccccn1)CC2. The van der Waals surface area contributed by atoms with Crippen molar-refractivity contribution >= 4 is 17.7 Å². The average Bonchev–Trinajstić information content (AvgIpc) is 2.60. The van der Waals surface area contributed by atoms with E-state index in [-0.39, 0.29) is 23.0 Å². The number of carbonyl (C=O) groups is 1. The fourth-order valence-electron chi connectivity index (χ4n) is 3.95. The molecule has 1 amide bonds. The van der Waals surface area contributed by atoms with Crippen molar-refractivity contribution in [3.05, 3.63) is 24.4 Å². The highest BCUT2D eigenvalue weighted by Gasteiger charge is 2.63. The summed E-state index contributed by atoms with van der Waals surface area (Å²) in [5.41, 5.74) is -0.447. The molecule has 2 heterocycles. The molecule has 6 heteroatoms. The normalized spacial score (nSPS) is 29.3. The lowest BCUT2D eigenvalue weighted by Gasteiger charge is -2.62. The van der Waals surface area contributed by atoms with Crippen molar-refractivity contribution in [1.29, 1.82) is 0 Å². The Balaban J connectivity index is 1.54. The molecule has 126 valence electrons. The van der Waals surface area contributed by atoms with E-state index in [2.05, 4.69) is 11.9 Å². The van der Waals surface area contributed by atoms with Crippen LogP contribution in [0, 0.1) is 5.41 Å². The number of aliphatic hydroxyl groups is 1. The molecule has 1 saturated heterocycles. The first-order chi connectivity index (χ1) is 11.0. The Hall–Kier alpha value is -1.11.